The number of carbonyl (C=O) groups excluding carboxylic acids is 2. The van der Waals surface area contributed by atoms with Gasteiger partial charge in [-0.1, -0.05) is 26.0 Å². The molecule has 1 amide bonds. The first-order valence-corrected chi connectivity index (χ1v) is 11.5. The summed E-state index contributed by atoms with van der Waals surface area (Å²) >= 11 is 0. The van der Waals surface area contributed by atoms with Gasteiger partial charge in [-0.3, -0.25) is 19.7 Å². The Morgan fingerprint density at radius 2 is 1.89 bits per heavy atom. The molecule has 0 radical (unpaired) electrons. The lowest BCUT2D eigenvalue weighted by Crippen LogP contribution is -2.33. The topological polar surface area (TPSA) is 122 Å². The highest BCUT2D eigenvalue weighted by Gasteiger charge is 2.46. The summed E-state index contributed by atoms with van der Waals surface area (Å²) in [7, 11) is 0. The number of benzene rings is 2. The van der Waals surface area contributed by atoms with Crippen LogP contribution < -0.4 is 9.47 Å². The van der Waals surface area contributed by atoms with Gasteiger partial charge in [-0.15, -0.1) is 0 Å². The van der Waals surface area contributed by atoms with Gasteiger partial charge < -0.3 is 24.4 Å². The lowest BCUT2D eigenvalue weighted by molar-refractivity contribution is -0.384. The van der Waals surface area contributed by atoms with Gasteiger partial charge in [0.15, 0.2) is 11.5 Å². The summed E-state index contributed by atoms with van der Waals surface area (Å²) in [6.45, 7) is 6.83. The van der Waals surface area contributed by atoms with E-state index >= 15 is 0 Å². The van der Waals surface area contributed by atoms with Gasteiger partial charge in [-0.25, -0.2) is 0 Å². The Kier molecular flexibility index (Phi) is 7.02. The van der Waals surface area contributed by atoms with Gasteiger partial charge in [-0.2, -0.15) is 0 Å². The number of hydrogen-bond acceptors (Lipinski definition) is 8. The number of carbonyl (C=O) groups is 2. The third-order valence-corrected chi connectivity index (χ3v) is 6.35. The summed E-state index contributed by atoms with van der Waals surface area (Å²) < 4.78 is 10.7. The van der Waals surface area contributed by atoms with Crippen LogP contribution >= 0.6 is 0 Å². The minimum atomic E-state index is -0.961. The number of non-ortho nitro benzene ring substituents is 1. The number of aliphatic hydroxyl groups is 1. The first-order chi connectivity index (χ1) is 16.8. The monoisotopic (exact) mass is 481 g/mol. The number of hydrogen-bond donors (Lipinski definition) is 1. The van der Waals surface area contributed by atoms with E-state index in [1.807, 2.05) is 13.8 Å². The molecule has 4 rings (SSSR count). The highest BCUT2D eigenvalue weighted by molar-refractivity contribution is 6.46. The summed E-state index contributed by atoms with van der Waals surface area (Å²) in [6, 6.07) is 9.56. The fraction of sp³-hybridized carbons (Fsp3) is 0.360. The molecule has 1 N–H and O–H groups in total. The average molecular weight is 482 g/mol. The second-order valence-corrected chi connectivity index (χ2v) is 8.29. The van der Waals surface area contributed by atoms with Crippen molar-refractivity contribution < 1.29 is 29.1 Å². The predicted molar refractivity (Wildman–Crippen MR) is 127 cm³/mol. The zero-order valence-electron chi connectivity index (χ0n) is 19.6. The van der Waals surface area contributed by atoms with E-state index in [1.54, 1.807) is 18.2 Å². The highest BCUT2D eigenvalue weighted by Crippen LogP contribution is 2.42. The SMILES string of the molecule is CCN(CC)CCCN1C(=O)C(=O)C(=C(O)c2ccc3c(c2)OCO3)C1c1cccc([N+](=O)[O-])c1. The van der Waals surface area contributed by atoms with E-state index in [4.69, 9.17) is 9.47 Å². The van der Waals surface area contributed by atoms with Crippen LogP contribution in [0.4, 0.5) is 5.69 Å². The molecule has 0 aromatic heterocycles. The molecule has 2 heterocycles. The number of amides is 1. The van der Waals surface area contributed by atoms with E-state index in [9.17, 15) is 24.8 Å². The van der Waals surface area contributed by atoms with Gasteiger partial charge in [0.05, 0.1) is 16.5 Å². The van der Waals surface area contributed by atoms with Crippen molar-refractivity contribution in [1.82, 2.24) is 9.80 Å². The third kappa shape index (κ3) is 4.69. The molecule has 0 spiro atoms. The van der Waals surface area contributed by atoms with Crippen LogP contribution in [-0.2, 0) is 9.59 Å². The van der Waals surface area contributed by atoms with Crippen molar-refractivity contribution in [3.63, 3.8) is 0 Å². The zero-order chi connectivity index (χ0) is 25.1. The van der Waals surface area contributed by atoms with Gasteiger partial charge in [-0.05, 0) is 49.8 Å². The molecule has 1 fully saturated rings. The minimum absolute atomic E-state index is 0.0458. The van der Waals surface area contributed by atoms with E-state index in [0.717, 1.165) is 19.6 Å². The normalized spacial score (nSPS) is 18.5. The second kappa shape index (κ2) is 10.1. The van der Waals surface area contributed by atoms with Crippen LogP contribution in [0.3, 0.4) is 0 Å². The molecule has 0 saturated carbocycles. The fourth-order valence-corrected chi connectivity index (χ4v) is 4.47. The standard InChI is InChI=1S/C25H27N3O7/c1-3-26(4-2)11-6-12-27-22(16-7-5-8-18(13-16)28(32)33)21(24(30)25(27)31)23(29)17-9-10-19-20(14-17)35-15-34-19/h5,7-10,13-14,22,29H,3-4,6,11-12,15H2,1-2H3. The van der Waals surface area contributed by atoms with Crippen molar-refractivity contribution in [2.24, 2.45) is 0 Å². The van der Waals surface area contributed by atoms with E-state index in [0.29, 0.717) is 23.5 Å². The lowest BCUT2D eigenvalue weighted by atomic mass is 9.95. The molecule has 1 unspecified atom stereocenters. The van der Waals surface area contributed by atoms with Crippen molar-refractivity contribution in [3.8, 4) is 11.5 Å². The Bertz CT molecular complexity index is 1190. The molecule has 2 aliphatic heterocycles. The number of fused-ring (bicyclic) bond motifs is 1. The summed E-state index contributed by atoms with van der Waals surface area (Å²) in [5.41, 5.74) is 0.380. The maximum Gasteiger partial charge on any atom is 0.295 e. The number of nitrogens with zero attached hydrogens (tertiary/aromatic N) is 3. The largest absolute Gasteiger partial charge is 0.507 e. The van der Waals surface area contributed by atoms with E-state index in [2.05, 4.69) is 4.90 Å². The molecule has 0 bridgehead atoms. The van der Waals surface area contributed by atoms with Crippen molar-refractivity contribution >= 4 is 23.1 Å². The Hall–Kier alpha value is -3.92. The van der Waals surface area contributed by atoms with Gasteiger partial charge in [0.1, 0.15) is 5.76 Å². The van der Waals surface area contributed by atoms with Crippen molar-refractivity contribution in [2.75, 3.05) is 33.0 Å². The van der Waals surface area contributed by atoms with Gasteiger partial charge in [0.2, 0.25) is 6.79 Å². The van der Waals surface area contributed by atoms with Crippen LogP contribution in [0, 0.1) is 10.1 Å². The molecule has 184 valence electrons. The highest BCUT2D eigenvalue weighted by atomic mass is 16.7. The van der Waals surface area contributed by atoms with Crippen LogP contribution in [0.2, 0.25) is 0 Å². The Labute approximate surface area is 202 Å². The Balaban J connectivity index is 1.77. The summed E-state index contributed by atoms with van der Waals surface area (Å²) in [4.78, 5) is 40.7. The molecule has 35 heavy (non-hydrogen) atoms. The molecule has 10 nitrogen and oxygen atoms in total. The number of likely N-dealkylation sites (tertiary alicyclic amines) is 1. The van der Waals surface area contributed by atoms with Crippen LogP contribution in [0.1, 0.15) is 37.4 Å². The third-order valence-electron chi connectivity index (χ3n) is 6.35. The number of aliphatic hydroxyl groups excluding tert-OH is 1. The number of Topliss-reactive ketones (excluding diaryl/α,β-unsaturated/α-hetero) is 1. The van der Waals surface area contributed by atoms with Crippen LogP contribution in [0.15, 0.2) is 48.0 Å². The molecular formula is C25H27N3O7. The molecule has 2 aromatic carbocycles. The molecule has 0 aliphatic carbocycles. The number of ether oxygens (including phenoxy) is 2. The average Bonchev–Trinajstić information content (AvgIpc) is 3.44. The maximum atomic E-state index is 13.2. The molecule has 1 saturated heterocycles. The van der Waals surface area contributed by atoms with Gasteiger partial charge in [0.25, 0.3) is 17.4 Å². The molecular weight excluding hydrogens is 454 g/mol. The molecule has 1 atom stereocenters. The first-order valence-electron chi connectivity index (χ1n) is 11.5. The van der Waals surface area contributed by atoms with Crippen LogP contribution in [-0.4, -0.2) is 64.5 Å². The van der Waals surface area contributed by atoms with E-state index < -0.39 is 22.7 Å². The minimum Gasteiger partial charge on any atom is -0.507 e. The summed E-state index contributed by atoms with van der Waals surface area (Å²) in [6.07, 6.45) is 0.601. The molecule has 2 aliphatic rings. The number of nitro benzene ring substituents is 1. The number of nitro groups is 1. The Morgan fingerprint density at radius 1 is 1.14 bits per heavy atom. The van der Waals surface area contributed by atoms with E-state index in [1.165, 1.54) is 29.2 Å². The van der Waals surface area contributed by atoms with Crippen LogP contribution in [0.5, 0.6) is 11.5 Å². The summed E-state index contributed by atoms with van der Waals surface area (Å²) in [5, 5.41) is 22.6. The fourth-order valence-electron chi connectivity index (χ4n) is 4.47. The molecule has 2 aromatic rings. The maximum absolute atomic E-state index is 13.2. The Morgan fingerprint density at radius 3 is 2.60 bits per heavy atom. The van der Waals surface area contributed by atoms with Gasteiger partial charge in [0, 0.05) is 24.2 Å². The van der Waals surface area contributed by atoms with Crippen molar-refractivity contribution in [3.05, 3.63) is 69.3 Å². The van der Waals surface area contributed by atoms with Crippen LogP contribution in [0.25, 0.3) is 5.76 Å². The smallest absolute Gasteiger partial charge is 0.295 e. The van der Waals surface area contributed by atoms with Crippen molar-refractivity contribution in [1.29, 1.82) is 0 Å². The predicted octanol–water partition coefficient (Wildman–Crippen LogP) is 3.48. The zero-order valence-corrected chi connectivity index (χ0v) is 19.6. The quantitative estimate of drug-likeness (QED) is 0.190. The van der Waals surface area contributed by atoms with E-state index in [-0.39, 0.29) is 35.9 Å². The number of ketones is 1. The number of rotatable bonds is 9. The van der Waals surface area contributed by atoms with Gasteiger partial charge >= 0.3 is 0 Å². The second-order valence-electron chi connectivity index (χ2n) is 8.29. The van der Waals surface area contributed by atoms with Crippen molar-refractivity contribution in [2.45, 2.75) is 26.3 Å². The summed E-state index contributed by atoms with van der Waals surface area (Å²) in [5.74, 6) is -1.03. The lowest BCUT2D eigenvalue weighted by Gasteiger charge is -2.26. The molecule has 10 heteroatoms. The first kappa shape index (κ1) is 24.2.